The summed E-state index contributed by atoms with van der Waals surface area (Å²) >= 11 is 3.39. The van der Waals surface area contributed by atoms with Gasteiger partial charge in [-0.1, -0.05) is 0 Å². The summed E-state index contributed by atoms with van der Waals surface area (Å²) in [6.07, 6.45) is 1.75. The van der Waals surface area contributed by atoms with Crippen LogP contribution < -0.4 is 5.73 Å². The van der Waals surface area contributed by atoms with Gasteiger partial charge in [-0.05, 0) is 46.3 Å². The van der Waals surface area contributed by atoms with Crippen LogP contribution in [0.2, 0.25) is 0 Å². The Morgan fingerprint density at radius 2 is 2.11 bits per heavy atom. The molecule has 0 aliphatic heterocycles. The van der Waals surface area contributed by atoms with Gasteiger partial charge in [-0.15, -0.1) is 0 Å². The first-order valence-corrected chi connectivity index (χ1v) is 6.29. The van der Waals surface area contributed by atoms with Crippen molar-refractivity contribution in [1.82, 2.24) is 14.5 Å². The molecule has 0 aliphatic carbocycles. The lowest BCUT2D eigenvalue weighted by atomic mass is 10.2. The second kappa shape index (κ2) is 4.10. The van der Waals surface area contributed by atoms with Gasteiger partial charge >= 0.3 is 0 Å². The quantitative estimate of drug-likeness (QED) is 0.703. The number of rotatable bonds is 1. The third-order valence-corrected chi connectivity index (χ3v) is 3.63. The van der Waals surface area contributed by atoms with Crippen LogP contribution in [0, 0.1) is 0 Å². The molecule has 0 bridgehead atoms. The van der Waals surface area contributed by atoms with Crippen LogP contribution >= 0.6 is 15.9 Å². The van der Waals surface area contributed by atoms with Crippen molar-refractivity contribution in [3.8, 4) is 11.4 Å². The molecule has 0 saturated carbocycles. The molecule has 18 heavy (non-hydrogen) atoms. The van der Waals surface area contributed by atoms with E-state index in [1.807, 2.05) is 41.9 Å². The van der Waals surface area contributed by atoms with Crippen molar-refractivity contribution in [2.45, 2.75) is 0 Å². The Bertz CT molecular complexity index is 733. The van der Waals surface area contributed by atoms with Gasteiger partial charge in [0.2, 0.25) is 0 Å². The second-order valence-electron chi connectivity index (χ2n) is 4.08. The van der Waals surface area contributed by atoms with Crippen LogP contribution in [-0.4, -0.2) is 14.5 Å². The van der Waals surface area contributed by atoms with Crippen molar-refractivity contribution < 1.29 is 0 Å². The Hall–Kier alpha value is -1.88. The number of fused-ring (bicyclic) bond motifs is 1. The Labute approximate surface area is 113 Å². The van der Waals surface area contributed by atoms with E-state index in [1.165, 1.54) is 0 Å². The summed E-state index contributed by atoms with van der Waals surface area (Å²) in [5, 5.41) is 0. The predicted octanol–water partition coefficient (Wildman–Crippen LogP) is 2.98. The van der Waals surface area contributed by atoms with Crippen molar-refractivity contribution >= 4 is 32.8 Å². The van der Waals surface area contributed by atoms with Crippen molar-refractivity contribution in [2.75, 3.05) is 5.73 Å². The minimum absolute atomic E-state index is 0.701. The molecule has 3 aromatic rings. The van der Waals surface area contributed by atoms with Gasteiger partial charge < -0.3 is 10.3 Å². The first-order valence-electron chi connectivity index (χ1n) is 5.49. The summed E-state index contributed by atoms with van der Waals surface area (Å²) in [4.78, 5) is 8.79. The Morgan fingerprint density at radius 1 is 1.28 bits per heavy atom. The zero-order chi connectivity index (χ0) is 12.7. The monoisotopic (exact) mass is 302 g/mol. The SMILES string of the molecule is Cn1c(-c2ccc(Br)c(N)c2)nc2ncccc21. The molecule has 0 fully saturated rings. The molecule has 0 aliphatic rings. The molecule has 90 valence electrons. The van der Waals surface area contributed by atoms with Gasteiger partial charge in [0.25, 0.3) is 0 Å². The van der Waals surface area contributed by atoms with Crippen molar-refractivity contribution in [3.63, 3.8) is 0 Å². The highest BCUT2D eigenvalue weighted by atomic mass is 79.9. The third-order valence-electron chi connectivity index (χ3n) is 2.91. The molecule has 2 N–H and O–H groups in total. The number of aromatic nitrogens is 3. The molecule has 0 radical (unpaired) electrons. The van der Waals surface area contributed by atoms with E-state index < -0.39 is 0 Å². The van der Waals surface area contributed by atoms with E-state index in [9.17, 15) is 0 Å². The normalized spacial score (nSPS) is 11.0. The van der Waals surface area contributed by atoms with Crippen molar-refractivity contribution in [3.05, 3.63) is 41.0 Å². The van der Waals surface area contributed by atoms with Crippen molar-refractivity contribution in [2.24, 2.45) is 7.05 Å². The zero-order valence-corrected chi connectivity index (χ0v) is 11.3. The molecule has 2 aromatic heterocycles. The molecule has 0 amide bonds. The summed E-state index contributed by atoms with van der Waals surface area (Å²) in [7, 11) is 1.98. The van der Waals surface area contributed by atoms with Crippen LogP contribution in [0.15, 0.2) is 41.0 Å². The predicted molar refractivity (Wildman–Crippen MR) is 76.1 cm³/mol. The number of imidazole rings is 1. The molecule has 4 nitrogen and oxygen atoms in total. The van der Waals surface area contributed by atoms with E-state index in [0.717, 1.165) is 27.0 Å². The van der Waals surface area contributed by atoms with Crippen LogP contribution in [0.25, 0.3) is 22.6 Å². The van der Waals surface area contributed by atoms with Crippen LogP contribution in [0.4, 0.5) is 5.69 Å². The number of nitrogens with two attached hydrogens (primary N) is 1. The minimum atomic E-state index is 0.701. The number of pyridine rings is 1. The molecule has 0 saturated heterocycles. The summed E-state index contributed by atoms with van der Waals surface area (Å²) in [5.74, 6) is 0.864. The number of aryl methyl sites for hydroxylation is 1. The first kappa shape index (κ1) is 11.2. The summed E-state index contributed by atoms with van der Waals surface area (Å²) in [6, 6.07) is 9.73. The minimum Gasteiger partial charge on any atom is -0.398 e. The number of hydrogen-bond acceptors (Lipinski definition) is 3. The highest BCUT2D eigenvalue weighted by Gasteiger charge is 2.10. The second-order valence-corrected chi connectivity index (χ2v) is 4.93. The highest BCUT2D eigenvalue weighted by Crippen LogP contribution is 2.27. The van der Waals surface area contributed by atoms with E-state index in [4.69, 9.17) is 5.73 Å². The fourth-order valence-corrected chi connectivity index (χ4v) is 2.21. The number of anilines is 1. The van der Waals surface area contributed by atoms with E-state index in [0.29, 0.717) is 5.69 Å². The number of nitrogen functional groups attached to an aromatic ring is 1. The Balaban J connectivity index is 2.25. The zero-order valence-electron chi connectivity index (χ0n) is 9.76. The maximum atomic E-state index is 5.90. The number of halogens is 1. The maximum Gasteiger partial charge on any atom is 0.178 e. The van der Waals surface area contributed by atoms with E-state index >= 15 is 0 Å². The van der Waals surface area contributed by atoms with Gasteiger partial charge in [-0.3, -0.25) is 0 Å². The summed E-state index contributed by atoms with van der Waals surface area (Å²) in [5.41, 5.74) is 9.34. The van der Waals surface area contributed by atoms with Crippen LogP contribution in [-0.2, 0) is 7.05 Å². The molecule has 2 heterocycles. The topological polar surface area (TPSA) is 56.7 Å². The van der Waals surface area contributed by atoms with Gasteiger partial charge in [-0.2, -0.15) is 0 Å². The number of benzene rings is 1. The van der Waals surface area contributed by atoms with Gasteiger partial charge in [0.1, 0.15) is 5.82 Å². The first-order chi connectivity index (χ1) is 8.66. The Kier molecular flexibility index (Phi) is 2.56. The highest BCUT2D eigenvalue weighted by molar-refractivity contribution is 9.10. The smallest absolute Gasteiger partial charge is 0.178 e. The fraction of sp³-hybridized carbons (Fsp3) is 0.0769. The number of nitrogens with zero attached hydrogens (tertiary/aromatic N) is 3. The van der Waals surface area contributed by atoms with Gasteiger partial charge in [0.05, 0.1) is 5.52 Å². The van der Waals surface area contributed by atoms with Gasteiger partial charge in [0, 0.05) is 29.0 Å². The maximum absolute atomic E-state index is 5.90. The largest absolute Gasteiger partial charge is 0.398 e. The number of hydrogen-bond donors (Lipinski definition) is 1. The van der Waals surface area contributed by atoms with E-state index in [-0.39, 0.29) is 0 Å². The standard InChI is InChI=1S/C13H11BrN4/c1-18-11-3-2-6-16-12(11)17-13(18)8-4-5-9(14)10(15)7-8/h2-7H,15H2,1H3. The summed E-state index contributed by atoms with van der Waals surface area (Å²) in [6.45, 7) is 0. The molecular formula is C13H11BrN4. The third kappa shape index (κ3) is 1.67. The molecule has 0 atom stereocenters. The fourth-order valence-electron chi connectivity index (χ4n) is 1.97. The molecular weight excluding hydrogens is 292 g/mol. The average Bonchev–Trinajstić information content (AvgIpc) is 2.71. The van der Waals surface area contributed by atoms with Crippen LogP contribution in [0.1, 0.15) is 0 Å². The molecule has 5 heteroatoms. The van der Waals surface area contributed by atoms with Crippen LogP contribution in [0.3, 0.4) is 0 Å². The lowest BCUT2D eigenvalue weighted by Gasteiger charge is -2.04. The molecule has 3 rings (SSSR count). The average molecular weight is 303 g/mol. The lowest BCUT2D eigenvalue weighted by Crippen LogP contribution is -1.94. The van der Waals surface area contributed by atoms with E-state index in [1.54, 1.807) is 6.20 Å². The van der Waals surface area contributed by atoms with Crippen molar-refractivity contribution in [1.29, 1.82) is 0 Å². The van der Waals surface area contributed by atoms with Crippen LogP contribution in [0.5, 0.6) is 0 Å². The van der Waals surface area contributed by atoms with E-state index in [2.05, 4.69) is 25.9 Å². The van der Waals surface area contributed by atoms with Gasteiger partial charge in [-0.25, -0.2) is 9.97 Å². The lowest BCUT2D eigenvalue weighted by molar-refractivity contribution is 0.959. The molecule has 0 unspecified atom stereocenters. The van der Waals surface area contributed by atoms with Gasteiger partial charge in [0.15, 0.2) is 5.65 Å². The Morgan fingerprint density at radius 3 is 2.83 bits per heavy atom. The summed E-state index contributed by atoms with van der Waals surface area (Å²) < 4.78 is 2.91. The molecule has 0 spiro atoms. The molecule has 1 aromatic carbocycles.